The molecule has 4 rings (SSSR count). The third-order valence-corrected chi connectivity index (χ3v) is 6.88. The Balaban J connectivity index is 0.00000380. The Morgan fingerprint density at radius 2 is 1.65 bits per heavy atom. The number of hydrogen-bond donors (Lipinski definition) is 1. The summed E-state index contributed by atoms with van der Waals surface area (Å²) in [6.45, 7) is 2.20. The van der Waals surface area contributed by atoms with Gasteiger partial charge in [0, 0.05) is 18.0 Å². The Hall–Kier alpha value is -2.51. The van der Waals surface area contributed by atoms with Crippen molar-refractivity contribution in [3.8, 4) is 5.75 Å². The predicted molar refractivity (Wildman–Crippen MR) is 144 cm³/mol. The Morgan fingerprint density at radius 1 is 1.00 bits per heavy atom. The molecular weight excluding hydrogens is 519 g/mol. The number of benzene rings is 3. The van der Waals surface area contributed by atoms with E-state index >= 15 is 0 Å². The highest BCUT2D eigenvalue weighted by molar-refractivity contribution is 6.30. The lowest BCUT2D eigenvalue weighted by Crippen LogP contribution is -2.40. The van der Waals surface area contributed by atoms with E-state index in [-0.39, 0.29) is 48.3 Å². The second kappa shape index (κ2) is 13.9. The Kier molecular flexibility index (Phi) is 10.9. The minimum atomic E-state index is -0.746. The minimum absolute atomic E-state index is 0. The predicted octanol–water partition coefficient (Wildman–Crippen LogP) is 6.47. The highest BCUT2D eigenvalue weighted by Crippen LogP contribution is 2.29. The summed E-state index contributed by atoms with van der Waals surface area (Å²) < 4.78 is 32.7. The summed E-state index contributed by atoms with van der Waals surface area (Å²) in [6.07, 6.45) is 1.80. The van der Waals surface area contributed by atoms with Crippen molar-refractivity contribution in [2.24, 2.45) is 0 Å². The molecule has 0 spiro atoms. The van der Waals surface area contributed by atoms with Gasteiger partial charge < -0.3 is 14.7 Å². The van der Waals surface area contributed by atoms with Crippen molar-refractivity contribution < 1.29 is 23.4 Å². The van der Waals surface area contributed by atoms with E-state index in [1.807, 2.05) is 12.1 Å². The van der Waals surface area contributed by atoms with Crippen molar-refractivity contribution in [2.75, 3.05) is 26.2 Å². The van der Waals surface area contributed by atoms with Crippen molar-refractivity contribution >= 4 is 29.8 Å². The summed E-state index contributed by atoms with van der Waals surface area (Å²) in [5, 5.41) is 11.3. The number of carbonyl (C=O) groups excluding carboxylic acids is 1. The number of likely N-dealkylation sites (tertiary alicyclic amines) is 1. The largest absolute Gasteiger partial charge is 0.490 e. The van der Waals surface area contributed by atoms with Gasteiger partial charge in [0.25, 0.3) is 0 Å². The van der Waals surface area contributed by atoms with Crippen LogP contribution in [0.3, 0.4) is 0 Å². The second-order valence-electron chi connectivity index (χ2n) is 9.28. The Labute approximate surface area is 227 Å². The van der Waals surface area contributed by atoms with Crippen LogP contribution < -0.4 is 4.74 Å². The van der Waals surface area contributed by atoms with Gasteiger partial charge in [0.15, 0.2) is 5.78 Å². The van der Waals surface area contributed by atoms with Crippen LogP contribution in [0.4, 0.5) is 8.78 Å². The molecule has 3 aromatic carbocycles. The van der Waals surface area contributed by atoms with Crippen LogP contribution in [0, 0.1) is 11.6 Å². The maximum absolute atomic E-state index is 13.9. The van der Waals surface area contributed by atoms with Crippen molar-refractivity contribution in [2.45, 2.75) is 37.7 Å². The number of ether oxygens (including phenoxy) is 1. The van der Waals surface area contributed by atoms with Gasteiger partial charge in [-0.05, 0) is 91.9 Å². The molecule has 1 aliphatic rings. The highest BCUT2D eigenvalue weighted by atomic mass is 35.5. The second-order valence-corrected chi connectivity index (χ2v) is 9.72. The van der Waals surface area contributed by atoms with Gasteiger partial charge in [-0.1, -0.05) is 35.9 Å². The normalized spacial score (nSPS) is 15.1. The number of hydrogen-bond acceptors (Lipinski definition) is 4. The number of rotatable bonds is 10. The number of halogens is 4. The summed E-state index contributed by atoms with van der Waals surface area (Å²) >= 11 is 5.99. The summed E-state index contributed by atoms with van der Waals surface area (Å²) in [6, 6.07) is 17.8. The maximum Gasteiger partial charge on any atom is 0.167 e. The van der Waals surface area contributed by atoms with Gasteiger partial charge in [-0.25, -0.2) is 8.78 Å². The van der Waals surface area contributed by atoms with Crippen molar-refractivity contribution in [1.82, 2.24) is 4.90 Å². The number of nitrogens with zero attached hydrogens (tertiary/aromatic N) is 1. The average molecular weight is 550 g/mol. The van der Waals surface area contributed by atoms with Crippen molar-refractivity contribution in [3.05, 3.63) is 100 Å². The zero-order chi connectivity index (χ0) is 25.5. The number of piperidine rings is 1. The molecule has 0 saturated carbocycles. The van der Waals surface area contributed by atoms with Crippen LogP contribution >= 0.6 is 24.0 Å². The molecule has 37 heavy (non-hydrogen) atoms. The van der Waals surface area contributed by atoms with Gasteiger partial charge >= 0.3 is 0 Å². The number of β-amino-alcohol motifs (C(OH)–C–C–N with tert-alkyl or cyclic N) is 1. The van der Waals surface area contributed by atoms with Crippen LogP contribution in [-0.4, -0.2) is 48.1 Å². The standard InChI is InChI=1S/C29H30ClF2NO3.ClH/c30-23-6-4-21(5-7-23)22-13-15-33(16-14-22)18-26(34)19-36-29-12-10-25(32)17-27(29)28(35)11-3-20-1-8-24(31)9-2-20;/h1-2,4-10,12,17,22,26,34H,3,11,13-16,18-19H2;1H. The first-order chi connectivity index (χ1) is 17.4. The lowest BCUT2D eigenvalue weighted by Gasteiger charge is -2.33. The van der Waals surface area contributed by atoms with E-state index in [4.69, 9.17) is 16.3 Å². The van der Waals surface area contributed by atoms with Gasteiger partial charge in [-0.2, -0.15) is 0 Å². The van der Waals surface area contributed by atoms with Crippen LogP contribution in [0.1, 0.15) is 46.7 Å². The molecule has 1 aliphatic heterocycles. The third-order valence-electron chi connectivity index (χ3n) is 6.63. The molecule has 0 aliphatic carbocycles. The summed E-state index contributed by atoms with van der Waals surface area (Å²) in [5.41, 5.74) is 2.25. The molecule has 1 atom stereocenters. The summed E-state index contributed by atoms with van der Waals surface area (Å²) in [7, 11) is 0. The number of carbonyl (C=O) groups is 1. The molecule has 8 heteroatoms. The first-order valence-corrected chi connectivity index (χ1v) is 12.6. The lowest BCUT2D eigenvalue weighted by molar-refractivity contribution is 0.0588. The molecule has 3 aromatic rings. The fourth-order valence-corrected chi connectivity index (χ4v) is 4.74. The van der Waals surface area contributed by atoms with Gasteiger partial charge in [0.1, 0.15) is 30.1 Å². The lowest BCUT2D eigenvalue weighted by atomic mass is 9.89. The van der Waals surface area contributed by atoms with E-state index in [0.29, 0.717) is 18.9 Å². The molecule has 1 unspecified atom stereocenters. The van der Waals surface area contributed by atoms with Crippen LogP contribution in [0.5, 0.6) is 5.75 Å². The summed E-state index contributed by atoms with van der Waals surface area (Å²) in [4.78, 5) is 15.0. The van der Waals surface area contributed by atoms with E-state index < -0.39 is 11.9 Å². The van der Waals surface area contributed by atoms with Crippen LogP contribution in [-0.2, 0) is 6.42 Å². The average Bonchev–Trinajstić information content (AvgIpc) is 2.88. The number of aliphatic hydroxyl groups excluding tert-OH is 1. The first kappa shape index (κ1) is 29.1. The van der Waals surface area contributed by atoms with Crippen molar-refractivity contribution in [3.63, 3.8) is 0 Å². The van der Waals surface area contributed by atoms with Gasteiger partial charge in [0.05, 0.1) is 5.56 Å². The van der Waals surface area contributed by atoms with E-state index in [9.17, 15) is 18.7 Å². The third kappa shape index (κ3) is 8.50. The Bertz CT molecular complexity index is 1150. The molecule has 0 amide bonds. The van der Waals surface area contributed by atoms with Gasteiger partial charge in [0.2, 0.25) is 0 Å². The summed E-state index contributed by atoms with van der Waals surface area (Å²) in [5.74, 6) is -0.407. The molecule has 1 fully saturated rings. The van der Waals surface area contributed by atoms with Gasteiger partial charge in [-0.15, -0.1) is 12.4 Å². The number of Topliss-reactive ketones (excluding diaryl/α,β-unsaturated/α-hetero) is 1. The molecule has 0 aromatic heterocycles. The molecule has 1 saturated heterocycles. The maximum atomic E-state index is 13.9. The number of aliphatic hydroxyl groups is 1. The molecule has 198 valence electrons. The molecule has 1 heterocycles. The molecule has 0 radical (unpaired) electrons. The highest BCUT2D eigenvalue weighted by Gasteiger charge is 2.23. The molecule has 4 nitrogen and oxygen atoms in total. The topological polar surface area (TPSA) is 49.8 Å². The van der Waals surface area contributed by atoms with E-state index in [1.165, 1.54) is 29.8 Å². The quantitative estimate of drug-likeness (QED) is 0.294. The van der Waals surface area contributed by atoms with Crippen LogP contribution in [0.2, 0.25) is 5.02 Å². The molecular formula is C29H31Cl2F2NO3. The van der Waals surface area contributed by atoms with Crippen LogP contribution in [0.25, 0.3) is 0 Å². The molecule has 1 N–H and O–H groups in total. The van der Waals surface area contributed by atoms with Crippen LogP contribution in [0.15, 0.2) is 66.7 Å². The molecule has 0 bridgehead atoms. The van der Waals surface area contributed by atoms with E-state index in [1.54, 1.807) is 12.1 Å². The zero-order valence-corrected chi connectivity index (χ0v) is 22.0. The minimum Gasteiger partial charge on any atom is -0.490 e. The van der Waals surface area contributed by atoms with Gasteiger partial charge in [-0.3, -0.25) is 4.79 Å². The monoisotopic (exact) mass is 549 g/mol. The smallest absolute Gasteiger partial charge is 0.167 e. The zero-order valence-electron chi connectivity index (χ0n) is 20.4. The number of aryl methyl sites for hydroxylation is 1. The SMILES string of the molecule is Cl.O=C(CCc1ccc(F)cc1)c1cc(F)ccc1OCC(O)CN1CCC(c2ccc(Cl)cc2)CC1. The fourth-order valence-electron chi connectivity index (χ4n) is 4.61. The van der Waals surface area contributed by atoms with E-state index in [2.05, 4.69) is 17.0 Å². The van der Waals surface area contributed by atoms with Crippen molar-refractivity contribution in [1.29, 1.82) is 0 Å². The fraction of sp³-hybridized carbons (Fsp3) is 0.345. The first-order valence-electron chi connectivity index (χ1n) is 12.2. The van der Waals surface area contributed by atoms with E-state index in [0.717, 1.165) is 42.6 Å². The number of ketones is 1. The Morgan fingerprint density at radius 3 is 2.32 bits per heavy atom.